The van der Waals surface area contributed by atoms with Crippen LogP contribution >= 0.6 is 0 Å². The maximum Gasteiger partial charge on any atom is 0.332 e. The van der Waals surface area contributed by atoms with Gasteiger partial charge in [0.15, 0.2) is 11.2 Å². The van der Waals surface area contributed by atoms with Crippen LogP contribution in [0.4, 0.5) is 11.6 Å². The van der Waals surface area contributed by atoms with E-state index < -0.39 is 0 Å². The second-order valence-corrected chi connectivity index (χ2v) is 7.29. The van der Waals surface area contributed by atoms with Crippen LogP contribution in [0, 0.1) is 13.8 Å². The molecule has 0 bridgehead atoms. The number of fused-ring (bicyclic) bond motifs is 3. The Labute approximate surface area is 163 Å². The maximum atomic E-state index is 13.1. The van der Waals surface area contributed by atoms with E-state index in [0.717, 1.165) is 24.6 Å². The highest BCUT2D eigenvalue weighted by Gasteiger charge is 2.27. The van der Waals surface area contributed by atoms with Crippen molar-refractivity contribution < 1.29 is 0 Å². The van der Waals surface area contributed by atoms with Crippen molar-refractivity contribution in [2.45, 2.75) is 40.3 Å². The average molecular weight is 379 g/mol. The highest BCUT2D eigenvalue weighted by atomic mass is 16.2. The molecule has 28 heavy (non-hydrogen) atoms. The molecule has 0 N–H and O–H groups in total. The van der Waals surface area contributed by atoms with Crippen molar-refractivity contribution in [3.05, 3.63) is 62.3 Å². The van der Waals surface area contributed by atoms with E-state index in [1.807, 2.05) is 29.7 Å². The van der Waals surface area contributed by atoms with Gasteiger partial charge < -0.3 is 9.47 Å². The molecule has 0 radical (unpaired) electrons. The van der Waals surface area contributed by atoms with Gasteiger partial charge in [0, 0.05) is 32.4 Å². The van der Waals surface area contributed by atoms with E-state index in [9.17, 15) is 9.59 Å². The van der Waals surface area contributed by atoms with E-state index in [1.165, 1.54) is 20.3 Å². The molecule has 0 amide bonds. The standard InChI is InChI=1S/C21H25N5O2/c1-5-6-11-26-19(27)17-18(23(4)21(26)28)22-20-24(12-8-13-25(17)20)16-10-7-9-14(2)15(16)3/h5-7,9-10H,8,11-13H2,1-4H3/b6-5+. The molecule has 4 rings (SSSR count). The number of anilines is 2. The zero-order valence-corrected chi connectivity index (χ0v) is 16.8. The van der Waals surface area contributed by atoms with Gasteiger partial charge in [-0.25, -0.2) is 4.79 Å². The highest BCUT2D eigenvalue weighted by molar-refractivity contribution is 5.77. The average Bonchev–Trinajstić information content (AvgIpc) is 3.08. The van der Waals surface area contributed by atoms with E-state index in [0.29, 0.717) is 17.7 Å². The van der Waals surface area contributed by atoms with Crippen molar-refractivity contribution in [2.75, 3.05) is 11.4 Å². The van der Waals surface area contributed by atoms with Gasteiger partial charge in [0.05, 0.1) is 0 Å². The second-order valence-electron chi connectivity index (χ2n) is 7.29. The van der Waals surface area contributed by atoms with Crippen LogP contribution in [0.1, 0.15) is 24.5 Å². The summed E-state index contributed by atoms with van der Waals surface area (Å²) in [6.45, 7) is 7.87. The van der Waals surface area contributed by atoms with Gasteiger partial charge >= 0.3 is 5.69 Å². The minimum Gasteiger partial charge on any atom is -0.312 e. The number of rotatable bonds is 3. The van der Waals surface area contributed by atoms with Crippen molar-refractivity contribution in [3.63, 3.8) is 0 Å². The molecule has 0 saturated heterocycles. The molecular weight excluding hydrogens is 354 g/mol. The Morgan fingerprint density at radius 3 is 2.71 bits per heavy atom. The summed E-state index contributed by atoms with van der Waals surface area (Å²) in [7, 11) is 1.68. The molecule has 0 unspecified atom stereocenters. The van der Waals surface area contributed by atoms with Crippen molar-refractivity contribution >= 4 is 22.8 Å². The number of imidazole rings is 1. The van der Waals surface area contributed by atoms with E-state index >= 15 is 0 Å². The van der Waals surface area contributed by atoms with Gasteiger partial charge in [0.25, 0.3) is 5.56 Å². The van der Waals surface area contributed by atoms with E-state index in [1.54, 1.807) is 7.05 Å². The molecular formula is C21H25N5O2. The van der Waals surface area contributed by atoms with Crippen LogP contribution in [0.2, 0.25) is 0 Å². The molecule has 3 heterocycles. The van der Waals surface area contributed by atoms with Crippen LogP contribution in [0.25, 0.3) is 11.2 Å². The van der Waals surface area contributed by atoms with Crippen molar-refractivity contribution in [3.8, 4) is 0 Å². The fourth-order valence-corrected chi connectivity index (χ4v) is 3.89. The first-order chi connectivity index (χ1) is 13.5. The summed E-state index contributed by atoms with van der Waals surface area (Å²) >= 11 is 0. The summed E-state index contributed by atoms with van der Waals surface area (Å²) < 4.78 is 4.72. The molecule has 1 aromatic carbocycles. The minimum absolute atomic E-state index is 0.263. The molecule has 3 aromatic rings. The smallest absolute Gasteiger partial charge is 0.312 e. The van der Waals surface area contributed by atoms with Crippen LogP contribution < -0.4 is 16.1 Å². The highest BCUT2D eigenvalue weighted by Crippen LogP contribution is 2.33. The molecule has 0 spiro atoms. The quantitative estimate of drug-likeness (QED) is 0.656. The van der Waals surface area contributed by atoms with Crippen molar-refractivity contribution in [2.24, 2.45) is 7.05 Å². The Kier molecular flexibility index (Phi) is 4.45. The minimum atomic E-state index is -0.343. The Hall–Kier alpha value is -3.09. The van der Waals surface area contributed by atoms with Crippen LogP contribution in [0.5, 0.6) is 0 Å². The van der Waals surface area contributed by atoms with Gasteiger partial charge in [-0.05, 0) is 44.4 Å². The molecule has 1 aliphatic rings. The number of nitrogens with zero attached hydrogens (tertiary/aromatic N) is 5. The number of aromatic nitrogens is 4. The van der Waals surface area contributed by atoms with E-state index in [-0.39, 0.29) is 17.8 Å². The molecule has 1 aliphatic heterocycles. The van der Waals surface area contributed by atoms with Crippen LogP contribution in [0.15, 0.2) is 39.9 Å². The third kappa shape index (κ3) is 2.61. The molecule has 7 nitrogen and oxygen atoms in total. The van der Waals surface area contributed by atoms with Crippen LogP contribution in [-0.2, 0) is 20.1 Å². The normalized spacial score (nSPS) is 14.2. The van der Waals surface area contributed by atoms with Gasteiger partial charge in [-0.1, -0.05) is 24.3 Å². The number of hydrogen-bond donors (Lipinski definition) is 0. The molecule has 0 fully saturated rings. The van der Waals surface area contributed by atoms with E-state index in [2.05, 4.69) is 30.9 Å². The Bertz CT molecular complexity index is 1210. The number of hydrogen-bond acceptors (Lipinski definition) is 4. The third-order valence-electron chi connectivity index (χ3n) is 5.61. The molecule has 2 aromatic heterocycles. The van der Waals surface area contributed by atoms with Gasteiger partial charge in [-0.3, -0.25) is 13.9 Å². The van der Waals surface area contributed by atoms with Crippen molar-refractivity contribution in [1.82, 2.24) is 18.7 Å². The Morgan fingerprint density at radius 2 is 1.96 bits per heavy atom. The summed E-state index contributed by atoms with van der Waals surface area (Å²) in [5.74, 6) is 0.728. The largest absolute Gasteiger partial charge is 0.332 e. The lowest BCUT2D eigenvalue weighted by Crippen LogP contribution is -2.39. The lowest BCUT2D eigenvalue weighted by atomic mass is 10.1. The molecule has 0 saturated carbocycles. The predicted octanol–water partition coefficient (Wildman–Crippen LogP) is 2.63. The lowest BCUT2D eigenvalue weighted by Gasteiger charge is -2.30. The third-order valence-corrected chi connectivity index (χ3v) is 5.61. The zero-order chi connectivity index (χ0) is 20.0. The summed E-state index contributed by atoms with van der Waals surface area (Å²) in [5, 5.41) is 0. The number of benzene rings is 1. The van der Waals surface area contributed by atoms with Gasteiger partial charge in [-0.15, -0.1) is 0 Å². The Morgan fingerprint density at radius 1 is 1.18 bits per heavy atom. The summed E-state index contributed by atoms with van der Waals surface area (Å²) in [6, 6.07) is 6.22. The van der Waals surface area contributed by atoms with E-state index in [4.69, 9.17) is 4.98 Å². The summed E-state index contributed by atoms with van der Waals surface area (Å²) in [6.07, 6.45) is 4.55. The van der Waals surface area contributed by atoms with Gasteiger partial charge in [-0.2, -0.15) is 4.98 Å². The fraction of sp³-hybridized carbons (Fsp3) is 0.381. The lowest BCUT2D eigenvalue weighted by molar-refractivity contribution is 0.597. The van der Waals surface area contributed by atoms with Gasteiger partial charge in [0.2, 0.25) is 5.95 Å². The number of allylic oxidation sites excluding steroid dienone is 2. The first kappa shape index (κ1) is 18.3. The molecule has 0 aliphatic carbocycles. The fourth-order valence-electron chi connectivity index (χ4n) is 3.89. The first-order valence-electron chi connectivity index (χ1n) is 9.60. The second kappa shape index (κ2) is 6.82. The SMILES string of the molecule is C/C=C/Cn1c(=O)c2c(nc3n2CCCN3c2cccc(C)c2C)n(C)c1=O. The topological polar surface area (TPSA) is 65.1 Å². The summed E-state index contributed by atoms with van der Waals surface area (Å²) in [4.78, 5) is 32.7. The van der Waals surface area contributed by atoms with Gasteiger partial charge in [0.1, 0.15) is 0 Å². The molecule has 146 valence electrons. The van der Waals surface area contributed by atoms with Crippen molar-refractivity contribution in [1.29, 1.82) is 0 Å². The Balaban J connectivity index is 2.00. The first-order valence-corrected chi connectivity index (χ1v) is 9.60. The maximum absolute atomic E-state index is 13.1. The monoisotopic (exact) mass is 379 g/mol. The number of aryl methyl sites for hydroxylation is 3. The van der Waals surface area contributed by atoms with Crippen LogP contribution in [0.3, 0.4) is 0 Å². The predicted molar refractivity (Wildman–Crippen MR) is 112 cm³/mol. The van der Waals surface area contributed by atoms with Crippen LogP contribution in [-0.4, -0.2) is 25.2 Å². The zero-order valence-electron chi connectivity index (χ0n) is 16.8. The summed E-state index contributed by atoms with van der Waals surface area (Å²) in [5.41, 5.74) is 3.82. The molecule has 7 heteroatoms. The molecule has 0 atom stereocenters.